The van der Waals surface area contributed by atoms with Crippen LogP contribution in [0.25, 0.3) is 0 Å². The molecule has 188 valence electrons. The number of thioether (sulfide) groups is 1. The van der Waals surface area contributed by atoms with Gasteiger partial charge in [0.25, 0.3) is 0 Å². The van der Waals surface area contributed by atoms with Gasteiger partial charge in [0.15, 0.2) is 0 Å². The Bertz CT molecular complexity index is 923. The molecule has 7 atom stereocenters. The largest absolute Gasteiger partial charge is 0.477 e. The number of carboxylic acids is 1. The average Bonchev–Trinajstić information content (AvgIpc) is 3.46. The molecular formula is C23H35N5O5S. The van der Waals surface area contributed by atoms with Crippen molar-refractivity contribution in [1.82, 2.24) is 20.0 Å². The molecule has 34 heavy (non-hydrogen) atoms. The summed E-state index contributed by atoms with van der Waals surface area (Å²) >= 11 is 1.46. The number of nitrogens with zero attached hydrogens (tertiary/aromatic N) is 3. The number of hydrogen-bond acceptors (Lipinski definition) is 7. The van der Waals surface area contributed by atoms with Gasteiger partial charge in [-0.2, -0.15) is 0 Å². The first-order valence-corrected chi connectivity index (χ1v) is 12.8. The molecular weight excluding hydrogens is 458 g/mol. The molecule has 3 saturated heterocycles. The van der Waals surface area contributed by atoms with Gasteiger partial charge < -0.3 is 30.2 Å². The Hall–Kier alpha value is -2.11. The maximum Gasteiger partial charge on any atom is 0.353 e. The van der Waals surface area contributed by atoms with Crippen LogP contribution in [0, 0.1) is 23.2 Å². The lowest BCUT2D eigenvalue weighted by molar-refractivity contribution is -0.163. The van der Waals surface area contributed by atoms with E-state index in [2.05, 4.69) is 5.32 Å². The van der Waals surface area contributed by atoms with Crippen LogP contribution in [0.3, 0.4) is 0 Å². The molecule has 4 N–H and O–H groups in total. The quantitative estimate of drug-likeness (QED) is 0.227. The Morgan fingerprint density at radius 2 is 2.09 bits per heavy atom. The van der Waals surface area contributed by atoms with Gasteiger partial charge in [-0.1, -0.05) is 6.92 Å². The van der Waals surface area contributed by atoms with Gasteiger partial charge in [0.2, 0.25) is 11.8 Å². The highest BCUT2D eigenvalue weighted by molar-refractivity contribution is 8.03. The highest BCUT2D eigenvalue weighted by Crippen LogP contribution is 2.51. The highest BCUT2D eigenvalue weighted by atomic mass is 32.2. The predicted molar refractivity (Wildman–Crippen MR) is 128 cm³/mol. The van der Waals surface area contributed by atoms with Crippen LogP contribution < -0.4 is 5.32 Å². The van der Waals surface area contributed by atoms with Gasteiger partial charge in [-0.15, -0.1) is 11.8 Å². The standard InChI is InChI=1S/C23H35N5O5S/c1-11-18-17(12(2)29)22(31)28(18)19(23(32)33)20(11)34-15-7-16(25-8-15)21(30)27-6-5-14(10-27)9-26(4)13(3)24/h11-12,14-18,24-25,29H,5-10H2,1-4H3,(H,32,33)/t11-,12-,14-,15+,16+,17-,18-/m1/s1. The Labute approximate surface area is 204 Å². The Morgan fingerprint density at radius 3 is 2.71 bits per heavy atom. The maximum absolute atomic E-state index is 13.1. The number of amides is 2. The molecule has 2 amide bonds. The number of aliphatic hydroxyl groups excluding tert-OH is 1. The molecule has 10 nitrogen and oxygen atoms in total. The zero-order valence-electron chi connectivity index (χ0n) is 20.2. The van der Waals surface area contributed by atoms with Crippen LogP contribution in [0.15, 0.2) is 10.6 Å². The van der Waals surface area contributed by atoms with Crippen molar-refractivity contribution in [2.24, 2.45) is 17.8 Å². The van der Waals surface area contributed by atoms with Crippen molar-refractivity contribution < 1.29 is 24.6 Å². The van der Waals surface area contributed by atoms with Crippen molar-refractivity contribution in [2.75, 3.05) is 33.2 Å². The summed E-state index contributed by atoms with van der Waals surface area (Å²) in [6, 6.07) is -0.620. The van der Waals surface area contributed by atoms with E-state index in [0.717, 1.165) is 19.5 Å². The Balaban J connectivity index is 1.37. The van der Waals surface area contributed by atoms with Crippen LogP contribution in [0.2, 0.25) is 0 Å². The van der Waals surface area contributed by atoms with Gasteiger partial charge in [-0.25, -0.2) is 4.79 Å². The lowest BCUT2D eigenvalue weighted by Crippen LogP contribution is -2.63. The van der Waals surface area contributed by atoms with Crippen LogP contribution in [0.4, 0.5) is 0 Å². The zero-order chi connectivity index (χ0) is 24.9. The third kappa shape index (κ3) is 4.33. The minimum Gasteiger partial charge on any atom is -0.477 e. The smallest absolute Gasteiger partial charge is 0.353 e. The van der Waals surface area contributed by atoms with Crippen molar-refractivity contribution in [1.29, 1.82) is 5.41 Å². The zero-order valence-corrected chi connectivity index (χ0v) is 21.0. The number of β-lactam (4-membered cyclic amide) rings is 1. The van der Waals surface area contributed by atoms with Gasteiger partial charge in [-0.05, 0) is 32.6 Å². The number of likely N-dealkylation sites (tertiary alicyclic amines) is 1. The second kappa shape index (κ2) is 9.50. The highest BCUT2D eigenvalue weighted by Gasteiger charge is 2.60. The molecule has 0 unspecified atom stereocenters. The van der Waals surface area contributed by atoms with Gasteiger partial charge in [0.05, 0.1) is 29.9 Å². The minimum atomic E-state index is -1.12. The molecule has 4 rings (SSSR count). The third-order valence-corrected chi connectivity index (χ3v) is 9.21. The van der Waals surface area contributed by atoms with Crippen molar-refractivity contribution in [3.8, 4) is 0 Å². The van der Waals surface area contributed by atoms with Gasteiger partial charge >= 0.3 is 5.97 Å². The number of carbonyl (C=O) groups is 3. The molecule has 0 aliphatic carbocycles. The van der Waals surface area contributed by atoms with Crippen LogP contribution >= 0.6 is 11.8 Å². The SMILES string of the molecule is CC(=N)N(C)C[C@H]1CCN(C(=O)[C@@H]2C[C@H](SC3=C(C(=O)O)N4C(=O)[C@H]([C@@H](C)O)[C@H]4[C@H]3C)CN2)C1. The van der Waals surface area contributed by atoms with E-state index >= 15 is 0 Å². The van der Waals surface area contributed by atoms with Crippen LogP contribution in [-0.2, 0) is 14.4 Å². The first-order valence-electron chi connectivity index (χ1n) is 11.9. The lowest BCUT2D eigenvalue weighted by atomic mass is 9.79. The molecule has 0 saturated carbocycles. The van der Waals surface area contributed by atoms with E-state index in [-0.39, 0.29) is 40.8 Å². The lowest BCUT2D eigenvalue weighted by Gasteiger charge is -2.46. The normalized spacial score (nSPS) is 33.7. The summed E-state index contributed by atoms with van der Waals surface area (Å²) in [5.74, 6) is -1.24. The fourth-order valence-electron chi connectivity index (χ4n) is 5.77. The molecule has 11 heteroatoms. The molecule has 0 aromatic rings. The predicted octanol–water partition coefficient (Wildman–Crippen LogP) is 0.381. The van der Waals surface area contributed by atoms with Crippen LogP contribution in [0.5, 0.6) is 0 Å². The molecule has 0 radical (unpaired) electrons. The number of hydrogen-bond donors (Lipinski definition) is 4. The summed E-state index contributed by atoms with van der Waals surface area (Å²) in [5.41, 5.74) is 0.0344. The number of aliphatic carboxylic acids is 1. The molecule has 4 heterocycles. The maximum atomic E-state index is 13.1. The topological polar surface area (TPSA) is 137 Å². The van der Waals surface area contributed by atoms with Crippen molar-refractivity contribution >= 4 is 35.4 Å². The summed E-state index contributed by atoms with van der Waals surface area (Å²) in [4.78, 5) is 43.5. The van der Waals surface area contributed by atoms with Crippen LogP contribution in [-0.4, -0.2) is 105 Å². The number of nitrogens with one attached hydrogen (secondary N) is 2. The van der Waals surface area contributed by atoms with Crippen molar-refractivity contribution in [3.05, 3.63) is 10.6 Å². The monoisotopic (exact) mass is 493 g/mol. The molecule has 0 spiro atoms. The summed E-state index contributed by atoms with van der Waals surface area (Å²) in [5, 5.41) is 30.9. The molecule has 0 aromatic carbocycles. The van der Waals surface area contributed by atoms with E-state index in [9.17, 15) is 24.6 Å². The Kier molecular flexibility index (Phi) is 6.99. The van der Waals surface area contributed by atoms with Crippen molar-refractivity contribution in [3.63, 3.8) is 0 Å². The molecule has 4 aliphatic heterocycles. The second-order valence-corrected chi connectivity index (χ2v) is 11.5. The average molecular weight is 494 g/mol. The first-order chi connectivity index (χ1) is 16.0. The number of carboxylic acid groups (broad SMARTS) is 1. The van der Waals surface area contributed by atoms with E-state index in [0.29, 0.717) is 36.2 Å². The van der Waals surface area contributed by atoms with Gasteiger partial charge in [-0.3, -0.25) is 15.0 Å². The van der Waals surface area contributed by atoms with E-state index in [1.54, 1.807) is 13.8 Å². The van der Waals surface area contributed by atoms with E-state index < -0.39 is 18.0 Å². The van der Waals surface area contributed by atoms with E-state index in [1.807, 2.05) is 23.8 Å². The summed E-state index contributed by atoms with van der Waals surface area (Å²) in [6.45, 7) is 8.02. The number of carbonyl (C=O) groups excluding carboxylic acids is 2. The van der Waals surface area contributed by atoms with Crippen molar-refractivity contribution in [2.45, 2.75) is 57.1 Å². The summed E-state index contributed by atoms with van der Waals surface area (Å²) < 4.78 is 0. The van der Waals surface area contributed by atoms with Gasteiger partial charge in [0, 0.05) is 49.3 Å². The summed E-state index contributed by atoms with van der Waals surface area (Å²) in [7, 11) is 1.90. The second-order valence-electron chi connectivity index (χ2n) is 10.1. The van der Waals surface area contributed by atoms with E-state index in [1.165, 1.54) is 16.7 Å². The van der Waals surface area contributed by atoms with Gasteiger partial charge in [0.1, 0.15) is 5.70 Å². The van der Waals surface area contributed by atoms with E-state index in [4.69, 9.17) is 5.41 Å². The van der Waals surface area contributed by atoms with Crippen LogP contribution in [0.1, 0.15) is 33.6 Å². The fraction of sp³-hybridized carbons (Fsp3) is 0.739. The minimum absolute atomic E-state index is 0.0321. The molecule has 3 fully saturated rings. The summed E-state index contributed by atoms with van der Waals surface area (Å²) in [6.07, 6.45) is 0.708. The fourth-order valence-corrected chi connectivity index (χ4v) is 7.24. The molecule has 4 aliphatic rings. The first kappa shape index (κ1) is 25.0. The molecule has 0 aromatic heterocycles. The number of fused-ring (bicyclic) bond motifs is 1. The number of aliphatic hydroxyl groups is 1. The number of rotatable bonds is 7. The molecule has 0 bridgehead atoms. The number of amidine groups is 1. The Morgan fingerprint density at radius 1 is 1.38 bits per heavy atom. The third-order valence-electron chi connectivity index (χ3n) is 7.70.